The molecule has 0 fully saturated rings. The minimum absolute atomic E-state index is 0.274. The van der Waals surface area contributed by atoms with E-state index in [2.05, 4.69) is 37.5 Å². The van der Waals surface area contributed by atoms with E-state index in [1.165, 1.54) is 36.0 Å². The molecule has 1 aliphatic rings. The van der Waals surface area contributed by atoms with Crippen LogP contribution in [0, 0.1) is 5.92 Å². The zero-order chi connectivity index (χ0) is 10.8. The number of rotatable bonds is 3. The van der Waals surface area contributed by atoms with Gasteiger partial charge in [0, 0.05) is 6.04 Å². The van der Waals surface area contributed by atoms with E-state index in [0.717, 1.165) is 0 Å². The van der Waals surface area contributed by atoms with Gasteiger partial charge in [-0.1, -0.05) is 32.0 Å². The van der Waals surface area contributed by atoms with Crippen molar-refractivity contribution in [3.05, 3.63) is 34.9 Å². The molecule has 1 aliphatic carbocycles. The third kappa shape index (κ3) is 2.06. The summed E-state index contributed by atoms with van der Waals surface area (Å²) in [5.74, 6) is 6.12. The van der Waals surface area contributed by atoms with Crippen LogP contribution in [0.2, 0.25) is 0 Å². The summed E-state index contributed by atoms with van der Waals surface area (Å²) in [5, 5.41) is 0. The van der Waals surface area contributed by atoms with Crippen LogP contribution in [0.15, 0.2) is 18.2 Å². The SMILES string of the molecule is CC(C)C(NN)c1ccc2c(c1)CCC2. The van der Waals surface area contributed by atoms with Gasteiger partial charge in [-0.15, -0.1) is 0 Å². The van der Waals surface area contributed by atoms with E-state index in [9.17, 15) is 0 Å². The molecule has 0 saturated heterocycles. The fourth-order valence-electron chi connectivity index (χ4n) is 2.46. The van der Waals surface area contributed by atoms with E-state index in [4.69, 9.17) is 5.84 Å². The summed E-state index contributed by atoms with van der Waals surface area (Å²) in [7, 11) is 0. The predicted molar refractivity (Wildman–Crippen MR) is 63.4 cm³/mol. The summed E-state index contributed by atoms with van der Waals surface area (Å²) in [5.41, 5.74) is 7.28. The molecule has 0 radical (unpaired) electrons. The Bertz CT molecular complexity index is 344. The van der Waals surface area contributed by atoms with Gasteiger partial charge >= 0.3 is 0 Å². The van der Waals surface area contributed by atoms with Crippen molar-refractivity contribution in [1.29, 1.82) is 0 Å². The fraction of sp³-hybridized carbons (Fsp3) is 0.538. The Morgan fingerprint density at radius 1 is 1.20 bits per heavy atom. The average Bonchev–Trinajstić information content (AvgIpc) is 2.65. The van der Waals surface area contributed by atoms with E-state index < -0.39 is 0 Å². The molecule has 3 N–H and O–H groups in total. The van der Waals surface area contributed by atoms with Crippen LogP contribution < -0.4 is 11.3 Å². The van der Waals surface area contributed by atoms with E-state index in [-0.39, 0.29) is 6.04 Å². The van der Waals surface area contributed by atoms with Crippen molar-refractivity contribution in [2.24, 2.45) is 11.8 Å². The quantitative estimate of drug-likeness (QED) is 0.586. The molecule has 0 saturated carbocycles. The fourth-order valence-corrected chi connectivity index (χ4v) is 2.46. The van der Waals surface area contributed by atoms with E-state index in [1.54, 1.807) is 0 Å². The zero-order valence-corrected chi connectivity index (χ0v) is 9.59. The first-order valence-electron chi connectivity index (χ1n) is 5.80. The van der Waals surface area contributed by atoms with Gasteiger partial charge in [-0.2, -0.15) is 0 Å². The summed E-state index contributed by atoms with van der Waals surface area (Å²) < 4.78 is 0. The summed E-state index contributed by atoms with van der Waals surface area (Å²) in [6, 6.07) is 7.09. The predicted octanol–water partition coefficient (Wildman–Crippen LogP) is 2.34. The van der Waals surface area contributed by atoms with Crippen molar-refractivity contribution in [2.45, 2.75) is 39.2 Å². The van der Waals surface area contributed by atoms with Crippen LogP contribution >= 0.6 is 0 Å². The van der Waals surface area contributed by atoms with Gasteiger partial charge in [0.1, 0.15) is 0 Å². The summed E-state index contributed by atoms with van der Waals surface area (Å²) in [6.07, 6.45) is 3.79. The maximum atomic E-state index is 5.60. The van der Waals surface area contributed by atoms with Crippen LogP contribution in [0.1, 0.15) is 43.0 Å². The monoisotopic (exact) mass is 204 g/mol. The molecule has 0 bridgehead atoms. The Balaban J connectivity index is 2.28. The number of nitrogens with two attached hydrogens (primary N) is 1. The lowest BCUT2D eigenvalue weighted by atomic mass is 9.94. The molecular weight excluding hydrogens is 184 g/mol. The molecule has 1 aromatic rings. The Kier molecular flexibility index (Phi) is 3.08. The Labute approximate surface area is 91.8 Å². The van der Waals surface area contributed by atoms with Gasteiger partial charge in [0.15, 0.2) is 0 Å². The lowest BCUT2D eigenvalue weighted by molar-refractivity contribution is 0.421. The number of aryl methyl sites for hydroxylation is 2. The average molecular weight is 204 g/mol. The normalized spacial score (nSPS) is 16.8. The second-order valence-electron chi connectivity index (χ2n) is 4.77. The smallest absolute Gasteiger partial charge is 0.0482 e. The number of hydrazine groups is 1. The van der Waals surface area contributed by atoms with Crippen molar-refractivity contribution in [1.82, 2.24) is 5.43 Å². The van der Waals surface area contributed by atoms with Crippen LogP contribution in [-0.2, 0) is 12.8 Å². The van der Waals surface area contributed by atoms with Gasteiger partial charge in [0.2, 0.25) is 0 Å². The molecule has 2 rings (SSSR count). The number of fused-ring (bicyclic) bond motifs is 1. The molecule has 0 amide bonds. The largest absolute Gasteiger partial charge is 0.271 e. The summed E-state index contributed by atoms with van der Waals surface area (Å²) in [4.78, 5) is 0. The van der Waals surface area contributed by atoms with Gasteiger partial charge in [-0.25, -0.2) is 0 Å². The number of hydrogen-bond donors (Lipinski definition) is 2. The Morgan fingerprint density at radius 3 is 2.60 bits per heavy atom. The first-order chi connectivity index (χ1) is 7.22. The third-order valence-corrected chi connectivity index (χ3v) is 3.33. The summed E-state index contributed by atoms with van der Waals surface area (Å²) >= 11 is 0. The van der Waals surface area contributed by atoms with Crippen molar-refractivity contribution in [2.75, 3.05) is 0 Å². The lowest BCUT2D eigenvalue weighted by Gasteiger charge is -2.21. The molecule has 2 heteroatoms. The molecule has 0 aromatic heterocycles. The first-order valence-corrected chi connectivity index (χ1v) is 5.80. The maximum Gasteiger partial charge on any atom is 0.0482 e. The highest BCUT2D eigenvalue weighted by Gasteiger charge is 2.17. The van der Waals surface area contributed by atoms with Crippen molar-refractivity contribution in [3.63, 3.8) is 0 Å². The van der Waals surface area contributed by atoms with Crippen LogP contribution in [0.25, 0.3) is 0 Å². The number of benzene rings is 1. The van der Waals surface area contributed by atoms with E-state index in [1.807, 2.05) is 0 Å². The van der Waals surface area contributed by atoms with Crippen LogP contribution in [0.5, 0.6) is 0 Å². The topological polar surface area (TPSA) is 38.0 Å². The van der Waals surface area contributed by atoms with Crippen LogP contribution in [0.3, 0.4) is 0 Å². The van der Waals surface area contributed by atoms with Crippen molar-refractivity contribution < 1.29 is 0 Å². The molecule has 1 aromatic carbocycles. The molecule has 2 nitrogen and oxygen atoms in total. The highest BCUT2D eigenvalue weighted by atomic mass is 15.2. The maximum absolute atomic E-state index is 5.60. The molecule has 1 unspecified atom stereocenters. The van der Waals surface area contributed by atoms with Crippen LogP contribution in [0.4, 0.5) is 0 Å². The lowest BCUT2D eigenvalue weighted by Crippen LogP contribution is -2.31. The van der Waals surface area contributed by atoms with Gasteiger partial charge in [0.05, 0.1) is 0 Å². The van der Waals surface area contributed by atoms with E-state index >= 15 is 0 Å². The third-order valence-electron chi connectivity index (χ3n) is 3.33. The highest BCUT2D eigenvalue weighted by molar-refractivity contribution is 5.36. The molecule has 15 heavy (non-hydrogen) atoms. The molecular formula is C13H20N2. The molecule has 0 heterocycles. The van der Waals surface area contributed by atoms with Gasteiger partial charge < -0.3 is 0 Å². The van der Waals surface area contributed by atoms with Crippen molar-refractivity contribution >= 4 is 0 Å². The van der Waals surface area contributed by atoms with Gasteiger partial charge in [-0.05, 0) is 41.9 Å². The number of hydrogen-bond acceptors (Lipinski definition) is 2. The second kappa shape index (κ2) is 4.33. The molecule has 0 aliphatic heterocycles. The molecule has 1 atom stereocenters. The highest BCUT2D eigenvalue weighted by Crippen LogP contribution is 2.27. The van der Waals surface area contributed by atoms with Crippen molar-refractivity contribution in [3.8, 4) is 0 Å². The Morgan fingerprint density at radius 2 is 1.93 bits per heavy atom. The second-order valence-corrected chi connectivity index (χ2v) is 4.77. The molecule has 0 spiro atoms. The summed E-state index contributed by atoms with van der Waals surface area (Å²) in [6.45, 7) is 4.38. The first kappa shape index (κ1) is 10.7. The Hall–Kier alpha value is -0.860. The van der Waals surface area contributed by atoms with Crippen LogP contribution in [-0.4, -0.2) is 0 Å². The standard InChI is InChI=1S/C13H20N2/c1-9(2)13(15-14)12-7-6-10-4-3-5-11(10)8-12/h6-9,13,15H,3-5,14H2,1-2H3. The zero-order valence-electron chi connectivity index (χ0n) is 9.59. The van der Waals surface area contributed by atoms with Gasteiger partial charge in [-0.3, -0.25) is 11.3 Å². The minimum atomic E-state index is 0.274. The number of nitrogens with one attached hydrogen (secondary N) is 1. The minimum Gasteiger partial charge on any atom is -0.271 e. The van der Waals surface area contributed by atoms with E-state index in [0.29, 0.717) is 5.92 Å². The molecule has 82 valence electrons. The van der Waals surface area contributed by atoms with Gasteiger partial charge in [0.25, 0.3) is 0 Å².